The number of benzene rings is 2. The van der Waals surface area contributed by atoms with Gasteiger partial charge in [0.25, 0.3) is 5.69 Å². The molecule has 0 aliphatic carbocycles. The molecule has 0 bridgehead atoms. The molecule has 0 saturated carbocycles. The van der Waals surface area contributed by atoms with Crippen molar-refractivity contribution in [2.24, 2.45) is 0 Å². The van der Waals surface area contributed by atoms with Crippen LogP contribution in [0.3, 0.4) is 0 Å². The number of anilines is 1. The first-order valence-corrected chi connectivity index (χ1v) is 11.7. The molecule has 1 amide bonds. The van der Waals surface area contributed by atoms with Crippen LogP contribution in [0.15, 0.2) is 59.5 Å². The van der Waals surface area contributed by atoms with E-state index in [4.69, 9.17) is 0 Å². The van der Waals surface area contributed by atoms with Gasteiger partial charge in [0.15, 0.2) is 0 Å². The molecule has 0 spiro atoms. The van der Waals surface area contributed by atoms with Crippen LogP contribution in [0, 0.1) is 10.1 Å². The van der Waals surface area contributed by atoms with E-state index < -0.39 is 21.0 Å². The number of nitro groups is 1. The number of amides is 1. The van der Waals surface area contributed by atoms with Crippen molar-refractivity contribution >= 4 is 27.3 Å². The predicted octanol–water partition coefficient (Wildman–Crippen LogP) is 2.10. The van der Waals surface area contributed by atoms with Gasteiger partial charge in [-0.2, -0.15) is 4.31 Å². The van der Waals surface area contributed by atoms with Crippen LogP contribution in [-0.2, 0) is 14.8 Å². The first kappa shape index (κ1) is 21.3. The second-order valence-electron chi connectivity index (χ2n) is 7.68. The average Bonchev–Trinajstić information content (AvgIpc) is 3.30. The Morgan fingerprint density at radius 3 is 2.35 bits per heavy atom. The Kier molecular flexibility index (Phi) is 5.92. The van der Waals surface area contributed by atoms with Gasteiger partial charge in [0.1, 0.15) is 6.04 Å². The molecule has 2 fully saturated rings. The lowest BCUT2D eigenvalue weighted by molar-refractivity contribution is -0.385. The maximum Gasteiger partial charge on any atom is 0.270 e. The van der Waals surface area contributed by atoms with Crippen LogP contribution in [0.2, 0.25) is 0 Å². The van der Waals surface area contributed by atoms with E-state index in [9.17, 15) is 23.3 Å². The van der Waals surface area contributed by atoms with Gasteiger partial charge in [-0.05, 0) is 31.0 Å². The number of nitro benzene ring substituents is 1. The van der Waals surface area contributed by atoms with Gasteiger partial charge in [0.2, 0.25) is 15.9 Å². The fraction of sp³-hybridized carbons (Fsp3) is 0.381. The maximum absolute atomic E-state index is 13.2. The summed E-state index contributed by atoms with van der Waals surface area (Å²) in [5, 5.41) is 11.0. The molecule has 2 saturated heterocycles. The van der Waals surface area contributed by atoms with E-state index in [1.165, 1.54) is 22.5 Å². The standard InChI is InChI=1S/C21H24N4O5S/c26-21(23-14-12-22(13-15-23)17-6-2-1-3-7-17)20-10-5-11-24(20)31(29,30)19-9-4-8-18(16-19)25(27)28/h1-4,6-9,16,20H,5,10-15H2. The van der Waals surface area contributed by atoms with E-state index in [2.05, 4.69) is 4.90 Å². The third kappa shape index (κ3) is 4.26. The van der Waals surface area contributed by atoms with Crippen molar-refractivity contribution in [3.8, 4) is 0 Å². The summed E-state index contributed by atoms with van der Waals surface area (Å²) >= 11 is 0. The van der Waals surface area contributed by atoms with E-state index in [1.807, 2.05) is 30.3 Å². The van der Waals surface area contributed by atoms with Crippen molar-refractivity contribution < 1.29 is 18.1 Å². The lowest BCUT2D eigenvalue weighted by atomic mass is 10.1. The first-order chi connectivity index (χ1) is 14.9. The highest BCUT2D eigenvalue weighted by molar-refractivity contribution is 7.89. The van der Waals surface area contributed by atoms with Crippen molar-refractivity contribution in [2.75, 3.05) is 37.6 Å². The fourth-order valence-electron chi connectivity index (χ4n) is 4.20. The minimum atomic E-state index is -4.01. The molecule has 4 rings (SSSR count). The van der Waals surface area contributed by atoms with Gasteiger partial charge in [-0.1, -0.05) is 24.3 Å². The lowest BCUT2D eigenvalue weighted by Crippen LogP contribution is -2.54. The lowest BCUT2D eigenvalue weighted by Gasteiger charge is -2.38. The Balaban J connectivity index is 1.48. The molecule has 0 N–H and O–H groups in total. The van der Waals surface area contributed by atoms with Crippen LogP contribution in [-0.4, -0.2) is 67.2 Å². The number of piperazine rings is 1. The number of rotatable bonds is 5. The van der Waals surface area contributed by atoms with Crippen LogP contribution in [0.25, 0.3) is 0 Å². The number of sulfonamides is 1. The van der Waals surface area contributed by atoms with Gasteiger partial charge < -0.3 is 9.80 Å². The summed E-state index contributed by atoms with van der Waals surface area (Å²) < 4.78 is 27.5. The molecule has 2 aliphatic rings. The largest absolute Gasteiger partial charge is 0.368 e. The third-order valence-electron chi connectivity index (χ3n) is 5.84. The summed E-state index contributed by atoms with van der Waals surface area (Å²) in [5.41, 5.74) is 0.811. The summed E-state index contributed by atoms with van der Waals surface area (Å²) in [7, 11) is -4.01. The van der Waals surface area contributed by atoms with Crippen LogP contribution < -0.4 is 4.90 Å². The molecule has 2 aromatic carbocycles. The molecule has 0 aromatic heterocycles. The Labute approximate surface area is 181 Å². The summed E-state index contributed by atoms with van der Waals surface area (Å²) in [5.74, 6) is -0.195. The average molecular weight is 445 g/mol. The zero-order valence-corrected chi connectivity index (χ0v) is 17.8. The van der Waals surface area contributed by atoms with Gasteiger partial charge in [-0.15, -0.1) is 0 Å². The van der Waals surface area contributed by atoms with Gasteiger partial charge in [0.05, 0.1) is 9.82 Å². The molecule has 164 valence electrons. The molecular weight excluding hydrogens is 420 g/mol. The van der Waals surface area contributed by atoms with Crippen LogP contribution in [0.4, 0.5) is 11.4 Å². The molecule has 2 aromatic rings. The zero-order chi connectivity index (χ0) is 22.0. The van der Waals surface area contributed by atoms with Gasteiger partial charge >= 0.3 is 0 Å². The molecule has 31 heavy (non-hydrogen) atoms. The van der Waals surface area contributed by atoms with Crippen LogP contribution in [0.5, 0.6) is 0 Å². The van der Waals surface area contributed by atoms with E-state index in [-0.39, 0.29) is 23.0 Å². The number of para-hydroxylation sites is 1. The van der Waals surface area contributed by atoms with E-state index in [1.54, 1.807) is 4.90 Å². The van der Waals surface area contributed by atoms with Crippen molar-refractivity contribution in [1.82, 2.24) is 9.21 Å². The SMILES string of the molecule is O=C(C1CCCN1S(=O)(=O)c1cccc([N+](=O)[O-])c1)N1CCN(c2ccccc2)CC1. The highest BCUT2D eigenvalue weighted by Crippen LogP contribution is 2.29. The summed E-state index contributed by atoms with van der Waals surface area (Å²) in [6.45, 7) is 2.63. The van der Waals surface area contributed by atoms with Gasteiger partial charge in [-0.25, -0.2) is 8.42 Å². The molecule has 1 atom stereocenters. The van der Waals surface area contributed by atoms with Gasteiger partial charge in [-0.3, -0.25) is 14.9 Å². The number of non-ortho nitro benzene ring substituents is 1. The fourth-order valence-corrected chi connectivity index (χ4v) is 5.89. The number of hydrogen-bond acceptors (Lipinski definition) is 6. The highest BCUT2D eigenvalue weighted by atomic mass is 32.2. The summed E-state index contributed by atoms with van der Waals surface area (Å²) in [6.07, 6.45) is 1.03. The monoisotopic (exact) mass is 444 g/mol. The molecule has 10 heteroatoms. The number of hydrogen-bond donors (Lipinski definition) is 0. The van der Waals surface area contributed by atoms with Crippen molar-refractivity contribution in [3.05, 3.63) is 64.7 Å². The van der Waals surface area contributed by atoms with Crippen molar-refractivity contribution in [3.63, 3.8) is 0 Å². The van der Waals surface area contributed by atoms with Crippen molar-refractivity contribution in [1.29, 1.82) is 0 Å². The molecule has 2 aliphatic heterocycles. The molecular formula is C21H24N4O5S. The quantitative estimate of drug-likeness (QED) is 0.517. The Morgan fingerprint density at radius 1 is 0.968 bits per heavy atom. The zero-order valence-electron chi connectivity index (χ0n) is 17.0. The second kappa shape index (κ2) is 8.64. The first-order valence-electron chi connectivity index (χ1n) is 10.2. The Morgan fingerprint density at radius 2 is 1.68 bits per heavy atom. The predicted molar refractivity (Wildman–Crippen MR) is 115 cm³/mol. The molecule has 1 unspecified atom stereocenters. The number of carbonyl (C=O) groups excluding carboxylic acids is 1. The smallest absolute Gasteiger partial charge is 0.270 e. The minimum Gasteiger partial charge on any atom is -0.368 e. The maximum atomic E-state index is 13.2. The topological polar surface area (TPSA) is 104 Å². The normalized spacial score (nSPS) is 20.1. The highest BCUT2D eigenvalue weighted by Gasteiger charge is 2.42. The summed E-state index contributed by atoms with van der Waals surface area (Å²) in [6, 6.07) is 14.2. The van der Waals surface area contributed by atoms with Gasteiger partial charge in [0, 0.05) is 50.5 Å². The van der Waals surface area contributed by atoms with E-state index >= 15 is 0 Å². The van der Waals surface area contributed by atoms with Crippen LogP contribution in [0.1, 0.15) is 12.8 Å². The Bertz CT molecular complexity index is 1070. The minimum absolute atomic E-state index is 0.157. The molecule has 2 heterocycles. The van der Waals surface area contributed by atoms with Crippen LogP contribution >= 0.6 is 0 Å². The molecule has 9 nitrogen and oxygen atoms in total. The van der Waals surface area contributed by atoms with E-state index in [0.717, 1.165) is 11.8 Å². The van der Waals surface area contributed by atoms with E-state index in [0.29, 0.717) is 39.0 Å². The molecule has 0 radical (unpaired) electrons. The Hall–Kier alpha value is -2.98. The second-order valence-corrected chi connectivity index (χ2v) is 9.57. The van der Waals surface area contributed by atoms with Crippen molar-refractivity contribution in [2.45, 2.75) is 23.8 Å². The summed E-state index contributed by atoms with van der Waals surface area (Å²) in [4.78, 5) is 27.4. The number of nitrogens with zero attached hydrogens (tertiary/aromatic N) is 4. The number of carbonyl (C=O) groups is 1. The third-order valence-corrected chi connectivity index (χ3v) is 7.74.